The molecule has 132 valence electrons. The Bertz CT molecular complexity index is 741. The van der Waals surface area contributed by atoms with E-state index in [-0.39, 0.29) is 11.9 Å². The Labute approximate surface area is 147 Å². The molecule has 1 fully saturated rings. The van der Waals surface area contributed by atoms with E-state index in [0.29, 0.717) is 25.8 Å². The van der Waals surface area contributed by atoms with Gasteiger partial charge in [-0.25, -0.2) is 4.68 Å². The van der Waals surface area contributed by atoms with Gasteiger partial charge in [0.15, 0.2) is 0 Å². The summed E-state index contributed by atoms with van der Waals surface area (Å²) < 4.78 is 1.80. The predicted octanol–water partition coefficient (Wildman–Crippen LogP) is 2.52. The number of hydrogen-bond acceptors (Lipinski definition) is 3. The fraction of sp³-hybridized carbons (Fsp3) is 0.421. The van der Waals surface area contributed by atoms with E-state index in [9.17, 15) is 14.7 Å². The van der Waals surface area contributed by atoms with Gasteiger partial charge in [-0.1, -0.05) is 18.2 Å². The predicted molar refractivity (Wildman–Crippen MR) is 93.4 cm³/mol. The van der Waals surface area contributed by atoms with Crippen LogP contribution in [0.1, 0.15) is 31.7 Å². The lowest BCUT2D eigenvalue weighted by Gasteiger charge is -2.37. The van der Waals surface area contributed by atoms with Gasteiger partial charge >= 0.3 is 5.97 Å². The lowest BCUT2D eigenvalue weighted by molar-refractivity contribution is -0.149. The molecule has 25 heavy (non-hydrogen) atoms. The van der Waals surface area contributed by atoms with Crippen molar-refractivity contribution in [1.29, 1.82) is 0 Å². The molecule has 3 rings (SSSR count). The largest absolute Gasteiger partial charge is 0.481 e. The van der Waals surface area contributed by atoms with Gasteiger partial charge in [0.1, 0.15) is 0 Å². The fourth-order valence-electron chi connectivity index (χ4n) is 3.43. The van der Waals surface area contributed by atoms with E-state index in [4.69, 9.17) is 0 Å². The SMILES string of the molecule is C[C@@H]1[C@H](C(=O)O)CCCN1C(=O)CCc1cnn(-c2ccccc2)c1. The molecule has 2 aromatic rings. The summed E-state index contributed by atoms with van der Waals surface area (Å²) in [6.07, 6.45) is 6.08. The molecule has 0 bridgehead atoms. The summed E-state index contributed by atoms with van der Waals surface area (Å²) in [5, 5.41) is 13.6. The van der Waals surface area contributed by atoms with Crippen molar-refractivity contribution in [2.75, 3.05) is 6.54 Å². The number of nitrogens with zero attached hydrogens (tertiary/aromatic N) is 3. The zero-order chi connectivity index (χ0) is 17.8. The number of rotatable bonds is 5. The average molecular weight is 341 g/mol. The first kappa shape index (κ1) is 17.2. The quantitative estimate of drug-likeness (QED) is 0.907. The summed E-state index contributed by atoms with van der Waals surface area (Å²) >= 11 is 0. The third-order valence-corrected chi connectivity index (χ3v) is 4.91. The number of piperidine rings is 1. The van der Waals surface area contributed by atoms with Crippen molar-refractivity contribution >= 4 is 11.9 Å². The number of aromatic nitrogens is 2. The summed E-state index contributed by atoms with van der Waals surface area (Å²) in [5.74, 6) is -1.25. The van der Waals surface area contributed by atoms with E-state index < -0.39 is 11.9 Å². The number of carbonyl (C=O) groups is 2. The van der Waals surface area contributed by atoms with E-state index in [1.807, 2.05) is 43.5 Å². The molecule has 1 aliphatic heterocycles. The molecule has 0 radical (unpaired) electrons. The molecule has 1 aromatic heterocycles. The number of likely N-dealkylation sites (tertiary alicyclic amines) is 1. The second-order valence-electron chi connectivity index (χ2n) is 6.54. The van der Waals surface area contributed by atoms with Crippen LogP contribution in [-0.4, -0.2) is 44.3 Å². The Morgan fingerprint density at radius 1 is 1.28 bits per heavy atom. The van der Waals surface area contributed by atoms with Crippen molar-refractivity contribution in [2.24, 2.45) is 5.92 Å². The summed E-state index contributed by atoms with van der Waals surface area (Å²) in [5.41, 5.74) is 1.98. The zero-order valence-electron chi connectivity index (χ0n) is 14.3. The van der Waals surface area contributed by atoms with Crippen molar-refractivity contribution < 1.29 is 14.7 Å². The molecule has 0 aliphatic carbocycles. The third-order valence-electron chi connectivity index (χ3n) is 4.91. The van der Waals surface area contributed by atoms with Crippen LogP contribution in [0.3, 0.4) is 0 Å². The van der Waals surface area contributed by atoms with E-state index >= 15 is 0 Å². The van der Waals surface area contributed by atoms with Gasteiger partial charge in [-0.2, -0.15) is 5.10 Å². The van der Waals surface area contributed by atoms with E-state index in [1.54, 1.807) is 15.8 Å². The second-order valence-corrected chi connectivity index (χ2v) is 6.54. The molecule has 0 unspecified atom stereocenters. The maximum atomic E-state index is 12.5. The van der Waals surface area contributed by atoms with Gasteiger partial charge in [-0.05, 0) is 43.9 Å². The molecule has 1 saturated heterocycles. The summed E-state index contributed by atoms with van der Waals surface area (Å²) in [6, 6.07) is 9.57. The number of carboxylic acids is 1. The Morgan fingerprint density at radius 2 is 2.04 bits per heavy atom. The first-order valence-electron chi connectivity index (χ1n) is 8.67. The lowest BCUT2D eigenvalue weighted by Crippen LogP contribution is -2.49. The van der Waals surface area contributed by atoms with Gasteiger partial charge in [0, 0.05) is 25.2 Å². The monoisotopic (exact) mass is 341 g/mol. The maximum Gasteiger partial charge on any atom is 0.308 e. The fourth-order valence-corrected chi connectivity index (χ4v) is 3.43. The van der Waals surface area contributed by atoms with Crippen molar-refractivity contribution in [3.63, 3.8) is 0 Å². The molecular formula is C19H23N3O3. The van der Waals surface area contributed by atoms with Crippen LogP contribution in [-0.2, 0) is 16.0 Å². The number of hydrogen-bond donors (Lipinski definition) is 1. The zero-order valence-corrected chi connectivity index (χ0v) is 14.3. The number of carboxylic acid groups (broad SMARTS) is 1. The second kappa shape index (κ2) is 7.51. The number of amides is 1. The highest BCUT2D eigenvalue weighted by Crippen LogP contribution is 2.24. The van der Waals surface area contributed by atoms with Crippen LogP contribution in [0.5, 0.6) is 0 Å². The first-order chi connectivity index (χ1) is 12.1. The highest BCUT2D eigenvalue weighted by Gasteiger charge is 2.34. The highest BCUT2D eigenvalue weighted by molar-refractivity contribution is 5.79. The summed E-state index contributed by atoms with van der Waals surface area (Å²) in [4.78, 5) is 25.6. The van der Waals surface area contributed by atoms with Crippen LogP contribution in [0.25, 0.3) is 5.69 Å². The van der Waals surface area contributed by atoms with E-state index in [1.165, 1.54) is 0 Å². The Balaban J connectivity index is 1.59. The molecule has 6 heteroatoms. The van der Waals surface area contributed by atoms with Gasteiger partial charge in [-0.3, -0.25) is 9.59 Å². The maximum absolute atomic E-state index is 12.5. The van der Waals surface area contributed by atoms with Gasteiger partial charge in [0.05, 0.1) is 17.8 Å². The minimum absolute atomic E-state index is 0.0194. The highest BCUT2D eigenvalue weighted by atomic mass is 16.4. The summed E-state index contributed by atoms with van der Waals surface area (Å²) in [7, 11) is 0. The van der Waals surface area contributed by atoms with Crippen LogP contribution in [0, 0.1) is 5.92 Å². The molecule has 1 aliphatic rings. The third kappa shape index (κ3) is 3.90. The number of carbonyl (C=O) groups excluding carboxylic acids is 1. The first-order valence-corrected chi connectivity index (χ1v) is 8.67. The van der Waals surface area contributed by atoms with Crippen molar-refractivity contribution in [3.05, 3.63) is 48.3 Å². The number of aliphatic carboxylic acids is 1. The Hall–Kier alpha value is -2.63. The Kier molecular flexibility index (Phi) is 5.16. The minimum atomic E-state index is -0.811. The standard InChI is InChI=1S/C19H23N3O3/c1-14-17(19(24)25)8-5-11-21(14)18(23)10-9-15-12-20-22(13-15)16-6-3-2-4-7-16/h2-4,6-7,12-14,17H,5,8-11H2,1H3,(H,24,25)/t14-,17-/m1/s1. The van der Waals surface area contributed by atoms with Crippen LogP contribution in [0.2, 0.25) is 0 Å². The van der Waals surface area contributed by atoms with E-state index in [0.717, 1.165) is 17.7 Å². The molecular weight excluding hydrogens is 318 g/mol. The molecule has 2 heterocycles. The average Bonchev–Trinajstić information content (AvgIpc) is 3.09. The molecule has 0 spiro atoms. The molecule has 0 saturated carbocycles. The molecule has 1 aromatic carbocycles. The van der Waals surface area contributed by atoms with Crippen LogP contribution in [0.4, 0.5) is 0 Å². The van der Waals surface area contributed by atoms with Crippen molar-refractivity contribution in [3.8, 4) is 5.69 Å². The molecule has 1 amide bonds. The number of aryl methyl sites for hydroxylation is 1. The Morgan fingerprint density at radius 3 is 2.76 bits per heavy atom. The van der Waals surface area contributed by atoms with Gasteiger partial charge < -0.3 is 10.0 Å². The van der Waals surface area contributed by atoms with E-state index in [2.05, 4.69) is 5.10 Å². The minimum Gasteiger partial charge on any atom is -0.481 e. The lowest BCUT2D eigenvalue weighted by atomic mass is 9.90. The smallest absolute Gasteiger partial charge is 0.308 e. The molecule has 2 atom stereocenters. The van der Waals surface area contributed by atoms with Gasteiger partial charge in [-0.15, -0.1) is 0 Å². The van der Waals surface area contributed by atoms with Crippen molar-refractivity contribution in [1.82, 2.24) is 14.7 Å². The molecule has 6 nitrogen and oxygen atoms in total. The topological polar surface area (TPSA) is 75.4 Å². The van der Waals surface area contributed by atoms with Crippen LogP contribution in [0.15, 0.2) is 42.7 Å². The number of benzene rings is 1. The van der Waals surface area contributed by atoms with Crippen molar-refractivity contribution in [2.45, 2.75) is 38.6 Å². The normalized spacial score (nSPS) is 20.4. The summed E-state index contributed by atoms with van der Waals surface area (Å²) in [6.45, 7) is 2.48. The van der Waals surface area contributed by atoms with Gasteiger partial charge in [0.25, 0.3) is 0 Å². The van der Waals surface area contributed by atoms with Crippen LogP contribution < -0.4 is 0 Å². The number of para-hydroxylation sites is 1. The molecule has 1 N–H and O–H groups in total. The van der Waals surface area contributed by atoms with Gasteiger partial charge in [0.2, 0.25) is 5.91 Å². The van der Waals surface area contributed by atoms with Crippen LogP contribution >= 0.6 is 0 Å².